The van der Waals surface area contributed by atoms with Gasteiger partial charge >= 0.3 is 0 Å². The molecule has 2 aromatic rings. The zero-order chi connectivity index (χ0) is 22.3. The number of nitrogens with zero attached hydrogens (tertiary/aromatic N) is 3. The number of fused-ring (bicyclic) bond motifs is 1. The summed E-state index contributed by atoms with van der Waals surface area (Å²) in [5.74, 6) is -0.773. The summed E-state index contributed by atoms with van der Waals surface area (Å²) in [5.41, 5.74) is 2.55. The molecule has 1 saturated heterocycles. The van der Waals surface area contributed by atoms with Gasteiger partial charge < -0.3 is 5.32 Å². The predicted octanol–water partition coefficient (Wildman–Crippen LogP) is 3.59. The van der Waals surface area contributed by atoms with Crippen molar-refractivity contribution in [3.8, 4) is 5.69 Å². The third-order valence-corrected chi connectivity index (χ3v) is 6.23. The van der Waals surface area contributed by atoms with Crippen LogP contribution in [-0.4, -0.2) is 38.9 Å². The number of aromatic nitrogens is 2. The zero-order valence-electron chi connectivity index (χ0n) is 18.6. The second-order valence-electron chi connectivity index (χ2n) is 9.72. The highest BCUT2D eigenvalue weighted by atomic mass is 16.2. The van der Waals surface area contributed by atoms with Crippen molar-refractivity contribution in [2.45, 2.75) is 58.8 Å². The number of rotatable bonds is 4. The molecule has 31 heavy (non-hydrogen) atoms. The van der Waals surface area contributed by atoms with Crippen molar-refractivity contribution in [1.82, 2.24) is 14.7 Å². The van der Waals surface area contributed by atoms with Gasteiger partial charge in [-0.1, -0.05) is 45.7 Å². The second-order valence-corrected chi connectivity index (χ2v) is 9.72. The van der Waals surface area contributed by atoms with E-state index in [1.54, 1.807) is 4.68 Å². The predicted molar refractivity (Wildman–Crippen MR) is 118 cm³/mol. The lowest BCUT2D eigenvalue weighted by atomic mass is 9.81. The molecular weight excluding hydrogens is 392 g/mol. The minimum Gasteiger partial charge on any atom is -0.309 e. The minimum absolute atomic E-state index is 0.201. The van der Waals surface area contributed by atoms with E-state index in [9.17, 15) is 14.4 Å². The Morgan fingerprint density at radius 3 is 2.32 bits per heavy atom. The molecular formula is C24H30N4O3. The van der Waals surface area contributed by atoms with Crippen LogP contribution in [0.15, 0.2) is 30.3 Å². The van der Waals surface area contributed by atoms with E-state index in [-0.39, 0.29) is 35.6 Å². The van der Waals surface area contributed by atoms with Crippen LogP contribution in [-0.2, 0) is 19.8 Å². The molecule has 7 nitrogen and oxygen atoms in total. The smallest absolute Gasteiger partial charge is 0.245 e. The highest BCUT2D eigenvalue weighted by Crippen LogP contribution is 2.38. The van der Waals surface area contributed by atoms with Crippen molar-refractivity contribution in [2.75, 3.05) is 11.9 Å². The third-order valence-electron chi connectivity index (χ3n) is 6.23. The van der Waals surface area contributed by atoms with Gasteiger partial charge in [0.25, 0.3) is 0 Å². The van der Waals surface area contributed by atoms with Crippen LogP contribution < -0.4 is 5.32 Å². The van der Waals surface area contributed by atoms with Gasteiger partial charge in [-0.2, -0.15) is 5.10 Å². The first-order valence-electron chi connectivity index (χ1n) is 11.0. The number of likely N-dealkylation sites (tertiary alicyclic amines) is 1. The topological polar surface area (TPSA) is 84.3 Å². The van der Waals surface area contributed by atoms with Gasteiger partial charge in [0.05, 0.1) is 23.2 Å². The van der Waals surface area contributed by atoms with Crippen molar-refractivity contribution in [3.05, 3.63) is 41.6 Å². The first-order chi connectivity index (χ1) is 14.6. The Bertz CT molecular complexity index is 1010. The summed E-state index contributed by atoms with van der Waals surface area (Å²) in [4.78, 5) is 39.4. The van der Waals surface area contributed by atoms with Crippen molar-refractivity contribution >= 4 is 23.5 Å². The van der Waals surface area contributed by atoms with E-state index >= 15 is 0 Å². The van der Waals surface area contributed by atoms with Crippen LogP contribution in [0.2, 0.25) is 0 Å². The molecule has 1 N–H and O–H groups in total. The Labute approximate surface area is 182 Å². The van der Waals surface area contributed by atoms with Crippen LogP contribution in [0.3, 0.4) is 0 Å². The van der Waals surface area contributed by atoms with E-state index in [4.69, 9.17) is 5.10 Å². The van der Waals surface area contributed by atoms with Gasteiger partial charge in [-0.3, -0.25) is 19.3 Å². The van der Waals surface area contributed by atoms with Crippen LogP contribution in [0.25, 0.3) is 5.69 Å². The van der Waals surface area contributed by atoms with Gasteiger partial charge in [0.15, 0.2) is 0 Å². The van der Waals surface area contributed by atoms with Crippen LogP contribution in [0, 0.1) is 18.8 Å². The van der Waals surface area contributed by atoms with E-state index in [0.717, 1.165) is 47.5 Å². The lowest BCUT2D eigenvalue weighted by Crippen LogP contribution is -2.38. The molecule has 1 aromatic heterocycles. The standard InChI is InChI=1S/C24H30N4O3/c1-15-8-7-9-16(12-15)28-20(13-19(26-28)24(2,3)4)25-21(29)14-27-22(30)17-10-5-6-11-18(17)23(27)31/h7-9,12-13,17-18H,5-6,10-11,14H2,1-4H3,(H,25,29). The number of hydrogen-bond donors (Lipinski definition) is 1. The Morgan fingerprint density at radius 2 is 1.74 bits per heavy atom. The van der Waals surface area contributed by atoms with Crippen molar-refractivity contribution in [1.29, 1.82) is 0 Å². The molecule has 2 aliphatic rings. The molecule has 2 fully saturated rings. The highest BCUT2D eigenvalue weighted by Gasteiger charge is 2.48. The van der Waals surface area contributed by atoms with Crippen molar-refractivity contribution in [2.24, 2.45) is 11.8 Å². The first kappa shape index (κ1) is 21.3. The van der Waals surface area contributed by atoms with Gasteiger partial charge in [-0.25, -0.2) is 4.68 Å². The number of carbonyl (C=O) groups is 3. The SMILES string of the molecule is Cc1cccc(-n2nc(C(C)(C)C)cc2NC(=O)CN2C(=O)C3CCCCC3C2=O)c1. The average molecular weight is 423 g/mol. The molecule has 2 atom stereocenters. The summed E-state index contributed by atoms with van der Waals surface area (Å²) in [5, 5.41) is 7.61. The average Bonchev–Trinajstić information content (AvgIpc) is 3.24. The van der Waals surface area contributed by atoms with Gasteiger partial charge in [0.2, 0.25) is 17.7 Å². The van der Waals surface area contributed by atoms with Gasteiger partial charge in [0.1, 0.15) is 12.4 Å². The number of anilines is 1. The van der Waals surface area contributed by atoms with Crippen LogP contribution in [0.1, 0.15) is 57.7 Å². The molecule has 3 amide bonds. The quantitative estimate of drug-likeness (QED) is 0.763. The monoisotopic (exact) mass is 422 g/mol. The van der Waals surface area contributed by atoms with Crippen LogP contribution in [0.5, 0.6) is 0 Å². The third kappa shape index (κ3) is 4.13. The summed E-state index contributed by atoms with van der Waals surface area (Å²) in [6.07, 6.45) is 3.40. The van der Waals surface area contributed by atoms with Crippen LogP contribution >= 0.6 is 0 Å². The van der Waals surface area contributed by atoms with E-state index in [0.29, 0.717) is 5.82 Å². The number of amides is 3. The molecule has 2 heterocycles. The van der Waals surface area contributed by atoms with Crippen LogP contribution in [0.4, 0.5) is 5.82 Å². The number of imide groups is 1. The summed E-state index contributed by atoms with van der Waals surface area (Å²) in [6.45, 7) is 7.93. The normalized spacial score (nSPS) is 21.4. The molecule has 2 unspecified atom stereocenters. The Hall–Kier alpha value is -2.96. The van der Waals surface area contributed by atoms with E-state index in [1.165, 1.54) is 0 Å². The lowest BCUT2D eigenvalue weighted by Gasteiger charge is -2.19. The first-order valence-corrected chi connectivity index (χ1v) is 11.0. The summed E-state index contributed by atoms with van der Waals surface area (Å²) >= 11 is 0. The lowest BCUT2D eigenvalue weighted by molar-refractivity contribution is -0.142. The Morgan fingerprint density at radius 1 is 1.10 bits per heavy atom. The maximum absolute atomic E-state index is 12.9. The minimum atomic E-state index is -0.394. The van der Waals surface area contributed by atoms with E-state index < -0.39 is 5.91 Å². The van der Waals surface area contributed by atoms with Gasteiger partial charge in [0, 0.05) is 11.5 Å². The summed E-state index contributed by atoms with van der Waals surface area (Å²) in [6, 6.07) is 9.72. The fourth-order valence-corrected chi connectivity index (χ4v) is 4.51. The van der Waals surface area contributed by atoms with Crippen molar-refractivity contribution < 1.29 is 14.4 Å². The molecule has 7 heteroatoms. The Balaban J connectivity index is 1.57. The molecule has 1 aromatic carbocycles. The fraction of sp³-hybridized carbons (Fsp3) is 0.500. The molecule has 0 radical (unpaired) electrons. The highest BCUT2D eigenvalue weighted by molar-refractivity contribution is 6.08. The van der Waals surface area contributed by atoms with Gasteiger partial charge in [-0.15, -0.1) is 0 Å². The second kappa shape index (κ2) is 7.94. The van der Waals surface area contributed by atoms with Crippen molar-refractivity contribution in [3.63, 3.8) is 0 Å². The summed E-state index contributed by atoms with van der Waals surface area (Å²) in [7, 11) is 0. The van der Waals surface area contributed by atoms with E-state index in [1.807, 2.05) is 37.3 Å². The maximum atomic E-state index is 12.9. The summed E-state index contributed by atoms with van der Waals surface area (Å²) < 4.78 is 1.71. The fourth-order valence-electron chi connectivity index (χ4n) is 4.51. The number of nitrogens with one attached hydrogen (secondary N) is 1. The number of aryl methyl sites for hydroxylation is 1. The number of benzene rings is 1. The number of hydrogen-bond acceptors (Lipinski definition) is 4. The molecule has 0 spiro atoms. The molecule has 164 valence electrons. The molecule has 1 aliphatic heterocycles. The molecule has 1 aliphatic carbocycles. The number of carbonyl (C=O) groups excluding carboxylic acids is 3. The van der Waals surface area contributed by atoms with E-state index in [2.05, 4.69) is 26.1 Å². The van der Waals surface area contributed by atoms with Gasteiger partial charge in [-0.05, 0) is 37.5 Å². The molecule has 0 bridgehead atoms. The Kier molecular flexibility index (Phi) is 5.45. The molecule has 1 saturated carbocycles. The zero-order valence-corrected chi connectivity index (χ0v) is 18.6. The molecule has 4 rings (SSSR count). The maximum Gasteiger partial charge on any atom is 0.245 e. The largest absolute Gasteiger partial charge is 0.309 e.